The number of benzene rings is 1. The fraction of sp³-hybridized carbons (Fsp3) is 0.619. The molecule has 23 heavy (non-hydrogen) atoms. The van der Waals surface area contributed by atoms with Crippen molar-refractivity contribution in [3.8, 4) is 0 Å². The molecule has 2 nitrogen and oxygen atoms in total. The predicted molar refractivity (Wildman–Crippen MR) is 92.8 cm³/mol. The molecule has 0 amide bonds. The topological polar surface area (TPSA) is 40.5 Å². The van der Waals surface area contributed by atoms with Crippen molar-refractivity contribution in [2.24, 2.45) is 17.3 Å². The maximum absolute atomic E-state index is 10.4. The molecule has 124 valence electrons. The van der Waals surface area contributed by atoms with Crippen LogP contribution in [0.2, 0.25) is 0 Å². The Morgan fingerprint density at radius 3 is 2.26 bits per heavy atom. The zero-order chi connectivity index (χ0) is 15.9. The molecule has 5 atom stereocenters. The largest absolute Gasteiger partial charge is 0.392 e. The lowest BCUT2D eigenvalue weighted by Gasteiger charge is -2.55. The van der Waals surface area contributed by atoms with Gasteiger partial charge in [-0.25, -0.2) is 0 Å². The Balaban J connectivity index is 1.43. The maximum atomic E-state index is 10.4. The maximum Gasteiger partial charge on any atom is 0.0621 e. The number of aliphatic hydroxyl groups excluding tert-OH is 2. The van der Waals surface area contributed by atoms with Gasteiger partial charge in [-0.1, -0.05) is 36.4 Å². The van der Waals surface area contributed by atoms with Crippen LogP contribution in [0.15, 0.2) is 36.4 Å². The molecule has 2 saturated carbocycles. The normalized spacial score (nSPS) is 40.5. The van der Waals surface area contributed by atoms with Crippen molar-refractivity contribution in [2.45, 2.75) is 63.6 Å². The van der Waals surface area contributed by atoms with Gasteiger partial charge in [0.1, 0.15) is 0 Å². The van der Waals surface area contributed by atoms with Crippen LogP contribution in [-0.2, 0) is 0 Å². The van der Waals surface area contributed by atoms with E-state index in [-0.39, 0.29) is 17.6 Å². The van der Waals surface area contributed by atoms with Gasteiger partial charge in [0.15, 0.2) is 0 Å². The molecule has 2 N–H and O–H groups in total. The van der Waals surface area contributed by atoms with Crippen molar-refractivity contribution in [3.63, 3.8) is 0 Å². The van der Waals surface area contributed by atoms with Crippen molar-refractivity contribution in [1.82, 2.24) is 0 Å². The third kappa shape index (κ3) is 2.66. The minimum atomic E-state index is -0.276. The molecule has 5 unspecified atom stereocenters. The molecule has 1 spiro atoms. The Bertz CT molecular complexity index is 579. The molecule has 3 aliphatic carbocycles. The SMILES string of the molecule is OC1CCC(C2CC=C(c3ccccc3)CC2)CC12CCC2O. The third-order valence-electron chi connectivity index (χ3n) is 6.93. The van der Waals surface area contributed by atoms with Gasteiger partial charge >= 0.3 is 0 Å². The van der Waals surface area contributed by atoms with Gasteiger partial charge in [-0.05, 0) is 74.3 Å². The van der Waals surface area contributed by atoms with E-state index in [1.54, 1.807) is 0 Å². The first kappa shape index (κ1) is 15.4. The summed E-state index contributed by atoms with van der Waals surface area (Å²) in [5.74, 6) is 1.42. The highest BCUT2D eigenvalue weighted by Gasteiger charge is 2.54. The smallest absolute Gasteiger partial charge is 0.0621 e. The van der Waals surface area contributed by atoms with Gasteiger partial charge in [0, 0.05) is 5.41 Å². The Hall–Kier alpha value is -1.12. The van der Waals surface area contributed by atoms with Crippen LogP contribution in [0.1, 0.15) is 56.9 Å². The van der Waals surface area contributed by atoms with Crippen LogP contribution in [0, 0.1) is 17.3 Å². The van der Waals surface area contributed by atoms with E-state index in [9.17, 15) is 10.2 Å². The molecular weight excluding hydrogens is 284 g/mol. The lowest BCUT2D eigenvalue weighted by molar-refractivity contribution is -0.172. The summed E-state index contributed by atoms with van der Waals surface area (Å²) in [5, 5.41) is 20.6. The molecule has 0 heterocycles. The summed E-state index contributed by atoms with van der Waals surface area (Å²) in [4.78, 5) is 0. The second kappa shape index (κ2) is 6.07. The van der Waals surface area contributed by atoms with Crippen LogP contribution in [0.3, 0.4) is 0 Å². The standard InChI is InChI=1S/C21H28O2/c22-19-11-10-18(14-21(19)13-12-20(21)23)17-8-6-16(7-9-17)15-4-2-1-3-5-15/h1-6,17-20,22-23H,7-14H2. The summed E-state index contributed by atoms with van der Waals surface area (Å²) in [5.41, 5.74) is 2.71. The van der Waals surface area contributed by atoms with Crippen molar-refractivity contribution in [1.29, 1.82) is 0 Å². The van der Waals surface area contributed by atoms with Crippen LogP contribution in [0.5, 0.6) is 0 Å². The first-order chi connectivity index (χ1) is 11.2. The van der Waals surface area contributed by atoms with Crippen molar-refractivity contribution in [2.75, 3.05) is 0 Å². The fourth-order valence-corrected chi connectivity index (χ4v) is 5.26. The molecule has 0 bridgehead atoms. The minimum absolute atomic E-state index is 0.160. The predicted octanol–water partition coefficient (Wildman–Crippen LogP) is 4.17. The summed E-state index contributed by atoms with van der Waals surface area (Å²) in [6, 6.07) is 10.7. The third-order valence-corrected chi connectivity index (χ3v) is 6.93. The van der Waals surface area contributed by atoms with Crippen molar-refractivity contribution < 1.29 is 10.2 Å². The molecule has 0 aliphatic heterocycles. The van der Waals surface area contributed by atoms with E-state index >= 15 is 0 Å². The highest BCUT2D eigenvalue weighted by molar-refractivity contribution is 5.66. The first-order valence-electron chi connectivity index (χ1n) is 9.29. The van der Waals surface area contributed by atoms with E-state index < -0.39 is 0 Å². The van der Waals surface area contributed by atoms with Gasteiger partial charge < -0.3 is 10.2 Å². The average molecular weight is 312 g/mol. The minimum Gasteiger partial charge on any atom is -0.392 e. The van der Waals surface area contributed by atoms with Gasteiger partial charge in [-0.2, -0.15) is 0 Å². The lowest BCUT2D eigenvalue weighted by Crippen LogP contribution is -2.56. The second-order valence-electron chi connectivity index (χ2n) is 7.97. The van der Waals surface area contributed by atoms with Crippen molar-refractivity contribution >= 4 is 5.57 Å². The van der Waals surface area contributed by atoms with E-state index in [0.717, 1.165) is 44.4 Å². The number of hydrogen-bond acceptors (Lipinski definition) is 2. The first-order valence-corrected chi connectivity index (χ1v) is 9.29. The molecule has 4 rings (SSSR count). The van der Waals surface area contributed by atoms with E-state index in [4.69, 9.17) is 0 Å². The summed E-state index contributed by atoms with van der Waals surface area (Å²) < 4.78 is 0. The zero-order valence-corrected chi connectivity index (χ0v) is 13.8. The lowest BCUT2D eigenvalue weighted by atomic mass is 9.53. The highest BCUT2D eigenvalue weighted by atomic mass is 16.3. The van der Waals surface area contributed by atoms with Gasteiger partial charge in [-0.3, -0.25) is 0 Å². The average Bonchev–Trinajstić information content (AvgIpc) is 2.62. The van der Waals surface area contributed by atoms with Gasteiger partial charge in [-0.15, -0.1) is 0 Å². The Labute approximate surface area is 139 Å². The van der Waals surface area contributed by atoms with E-state index in [2.05, 4.69) is 36.4 Å². The number of allylic oxidation sites excluding steroid dienone is 2. The Kier molecular flexibility index (Phi) is 4.07. The molecule has 2 heteroatoms. The molecule has 1 aromatic carbocycles. The van der Waals surface area contributed by atoms with Crippen LogP contribution < -0.4 is 0 Å². The number of hydrogen-bond donors (Lipinski definition) is 2. The van der Waals surface area contributed by atoms with E-state index in [1.165, 1.54) is 24.0 Å². The van der Waals surface area contributed by atoms with Crippen LogP contribution >= 0.6 is 0 Å². The Morgan fingerprint density at radius 2 is 1.65 bits per heavy atom. The number of rotatable bonds is 2. The summed E-state index contributed by atoms with van der Waals surface area (Å²) >= 11 is 0. The fourth-order valence-electron chi connectivity index (χ4n) is 5.26. The highest BCUT2D eigenvalue weighted by Crippen LogP contribution is 2.55. The van der Waals surface area contributed by atoms with Crippen LogP contribution in [-0.4, -0.2) is 22.4 Å². The van der Waals surface area contributed by atoms with Gasteiger partial charge in [0.25, 0.3) is 0 Å². The quantitative estimate of drug-likeness (QED) is 0.860. The summed E-state index contributed by atoms with van der Waals surface area (Å²) in [6.07, 6.45) is 10.4. The molecule has 1 aromatic rings. The summed E-state index contributed by atoms with van der Waals surface area (Å²) in [7, 11) is 0. The molecule has 0 radical (unpaired) electrons. The molecular formula is C21H28O2. The molecule has 0 aromatic heterocycles. The molecule has 0 saturated heterocycles. The zero-order valence-electron chi connectivity index (χ0n) is 13.8. The molecule has 3 aliphatic rings. The Morgan fingerprint density at radius 1 is 0.870 bits per heavy atom. The monoisotopic (exact) mass is 312 g/mol. The second-order valence-corrected chi connectivity index (χ2v) is 7.97. The van der Waals surface area contributed by atoms with Crippen LogP contribution in [0.25, 0.3) is 5.57 Å². The molecule has 2 fully saturated rings. The van der Waals surface area contributed by atoms with E-state index in [1.807, 2.05) is 0 Å². The number of aliphatic hydroxyl groups is 2. The van der Waals surface area contributed by atoms with Gasteiger partial charge in [0.2, 0.25) is 0 Å². The van der Waals surface area contributed by atoms with Crippen molar-refractivity contribution in [3.05, 3.63) is 42.0 Å². The van der Waals surface area contributed by atoms with E-state index in [0.29, 0.717) is 5.92 Å². The van der Waals surface area contributed by atoms with Gasteiger partial charge in [0.05, 0.1) is 12.2 Å². The summed E-state index contributed by atoms with van der Waals surface area (Å²) in [6.45, 7) is 0. The van der Waals surface area contributed by atoms with Crippen LogP contribution in [0.4, 0.5) is 0 Å².